The van der Waals surface area contributed by atoms with Crippen LogP contribution in [0.25, 0.3) is 0 Å². The number of halogens is 1. The quantitative estimate of drug-likeness (QED) is 0.764. The third-order valence-corrected chi connectivity index (χ3v) is 4.35. The molecule has 0 spiro atoms. The molecule has 7 heteroatoms. The van der Waals surface area contributed by atoms with Crippen LogP contribution in [0.5, 0.6) is 5.75 Å². The molecular weight excluding hydrogens is 366 g/mol. The summed E-state index contributed by atoms with van der Waals surface area (Å²) in [7, 11) is 3.75. The summed E-state index contributed by atoms with van der Waals surface area (Å²) in [5.41, 5.74) is 1.87. The van der Waals surface area contributed by atoms with Gasteiger partial charge in [0.05, 0.1) is 5.56 Å². The molecule has 0 aliphatic heterocycles. The van der Waals surface area contributed by atoms with Gasteiger partial charge in [0.2, 0.25) is 0 Å². The number of hydrogen-bond acceptors (Lipinski definition) is 4. The molecule has 2 N–H and O–H groups in total. The lowest BCUT2D eigenvalue weighted by molar-refractivity contribution is -0.118. The molecule has 0 atom stereocenters. The molecule has 0 heterocycles. The average Bonchev–Trinajstić information content (AvgIpc) is 3.45. The number of hydrogen-bond donors (Lipinski definition) is 2. The minimum atomic E-state index is -0.309. The summed E-state index contributed by atoms with van der Waals surface area (Å²) in [5, 5.41) is 6.35. The summed E-state index contributed by atoms with van der Waals surface area (Å²) < 4.78 is 5.44. The molecule has 3 rings (SSSR count). The van der Waals surface area contributed by atoms with E-state index in [-0.39, 0.29) is 24.5 Å². The lowest BCUT2D eigenvalue weighted by Gasteiger charge is -2.18. The summed E-state index contributed by atoms with van der Waals surface area (Å²) in [6, 6.07) is 12.3. The van der Waals surface area contributed by atoms with Gasteiger partial charge in [-0.15, -0.1) is 0 Å². The summed E-state index contributed by atoms with van der Waals surface area (Å²) >= 11 is 5.82. The molecule has 142 valence electrons. The van der Waals surface area contributed by atoms with Crippen molar-refractivity contribution in [1.29, 1.82) is 0 Å². The Hall–Kier alpha value is -2.73. The first-order chi connectivity index (χ1) is 12.9. The number of amides is 2. The lowest BCUT2D eigenvalue weighted by Crippen LogP contribution is -2.28. The fourth-order valence-corrected chi connectivity index (χ4v) is 2.68. The molecule has 6 nitrogen and oxygen atoms in total. The molecule has 0 unspecified atom stereocenters. The van der Waals surface area contributed by atoms with E-state index in [4.69, 9.17) is 16.3 Å². The van der Waals surface area contributed by atoms with Gasteiger partial charge in [0, 0.05) is 36.5 Å². The highest BCUT2D eigenvalue weighted by atomic mass is 35.5. The number of benzene rings is 2. The van der Waals surface area contributed by atoms with Crippen LogP contribution in [0.1, 0.15) is 23.2 Å². The number of carbonyl (C=O) groups is 2. The number of anilines is 2. The van der Waals surface area contributed by atoms with Gasteiger partial charge in [-0.1, -0.05) is 11.6 Å². The van der Waals surface area contributed by atoms with E-state index >= 15 is 0 Å². The van der Waals surface area contributed by atoms with Gasteiger partial charge in [0.25, 0.3) is 11.8 Å². The van der Waals surface area contributed by atoms with Gasteiger partial charge in [-0.25, -0.2) is 0 Å². The molecule has 1 fully saturated rings. The van der Waals surface area contributed by atoms with Crippen molar-refractivity contribution >= 4 is 34.8 Å². The maximum atomic E-state index is 12.5. The summed E-state index contributed by atoms with van der Waals surface area (Å²) in [5.74, 6) is 0.118. The van der Waals surface area contributed by atoms with Gasteiger partial charge in [0.15, 0.2) is 6.61 Å². The second kappa shape index (κ2) is 8.31. The number of ether oxygens (including phenoxy) is 1. The summed E-state index contributed by atoms with van der Waals surface area (Å²) in [6.07, 6.45) is 2.03. The van der Waals surface area contributed by atoms with Crippen molar-refractivity contribution < 1.29 is 14.3 Å². The minimum absolute atomic E-state index is 0.130. The van der Waals surface area contributed by atoms with E-state index in [0.717, 1.165) is 18.5 Å². The monoisotopic (exact) mass is 387 g/mol. The fourth-order valence-electron chi connectivity index (χ4n) is 2.55. The zero-order valence-corrected chi connectivity index (χ0v) is 16.0. The first kappa shape index (κ1) is 19.0. The highest BCUT2D eigenvalue weighted by Crippen LogP contribution is 2.25. The SMILES string of the molecule is CN(C)c1ccc(NC(=O)COc2ccc(Cl)cc2)cc1C(=O)NC1CC1. The predicted molar refractivity (Wildman–Crippen MR) is 107 cm³/mol. The van der Waals surface area contributed by atoms with Crippen LogP contribution in [-0.2, 0) is 4.79 Å². The van der Waals surface area contributed by atoms with Crippen LogP contribution in [0.15, 0.2) is 42.5 Å². The van der Waals surface area contributed by atoms with Crippen LogP contribution < -0.4 is 20.3 Å². The molecule has 0 aromatic heterocycles. The molecule has 1 saturated carbocycles. The Balaban J connectivity index is 1.65. The Bertz CT molecular complexity index is 833. The van der Waals surface area contributed by atoms with Gasteiger partial charge in [0.1, 0.15) is 5.75 Å². The lowest BCUT2D eigenvalue weighted by atomic mass is 10.1. The maximum absolute atomic E-state index is 12.5. The van der Waals surface area contributed by atoms with Gasteiger partial charge in [-0.2, -0.15) is 0 Å². The van der Waals surface area contributed by atoms with Gasteiger partial charge >= 0.3 is 0 Å². The normalized spacial score (nSPS) is 13.0. The smallest absolute Gasteiger partial charge is 0.262 e. The first-order valence-electron chi connectivity index (χ1n) is 8.73. The van der Waals surface area contributed by atoms with Crippen molar-refractivity contribution in [3.05, 3.63) is 53.1 Å². The van der Waals surface area contributed by atoms with Crippen LogP contribution in [-0.4, -0.2) is 38.6 Å². The number of carbonyl (C=O) groups excluding carboxylic acids is 2. The second-order valence-electron chi connectivity index (χ2n) is 6.66. The molecule has 2 aromatic rings. The van der Waals surface area contributed by atoms with E-state index < -0.39 is 0 Å². The van der Waals surface area contributed by atoms with Crippen LogP contribution in [0.2, 0.25) is 5.02 Å². The van der Waals surface area contributed by atoms with Crippen molar-refractivity contribution in [2.75, 3.05) is 30.9 Å². The van der Waals surface area contributed by atoms with Crippen LogP contribution in [0.3, 0.4) is 0 Å². The Kier molecular flexibility index (Phi) is 5.86. The van der Waals surface area contributed by atoms with Gasteiger partial charge in [-0.3, -0.25) is 9.59 Å². The van der Waals surface area contributed by atoms with Gasteiger partial charge in [-0.05, 0) is 55.3 Å². The highest BCUT2D eigenvalue weighted by molar-refractivity contribution is 6.30. The van der Waals surface area contributed by atoms with E-state index in [9.17, 15) is 9.59 Å². The molecule has 27 heavy (non-hydrogen) atoms. The number of nitrogens with one attached hydrogen (secondary N) is 2. The molecule has 1 aliphatic rings. The van der Waals surface area contributed by atoms with E-state index in [2.05, 4.69) is 10.6 Å². The fraction of sp³-hybridized carbons (Fsp3) is 0.300. The third-order valence-electron chi connectivity index (χ3n) is 4.10. The zero-order valence-electron chi connectivity index (χ0n) is 15.3. The average molecular weight is 388 g/mol. The molecule has 0 radical (unpaired) electrons. The molecule has 2 amide bonds. The molecule has 0 saturated heterocycles. The van der Waals surface area contributed by atoms with E-state index in [1.807, 2.05) is 25.1 Å². The first-order valence-corrected chi connectivity index (χ1v) is 9.10. The molecule has 1 aliphatic carbocycles. The molecular formula is C20H22ClN3O3. The standard InChI is InChI=1S/C20H22ClN3O3/c1-24(2)18-10-7-15(11-17(18)20(26)23-14-5-6-14)22-19(25)12-27-16-8-3-13(21)4-9-16/h3-4,7-11,14H,5-6,12H2,1-2H3,(H,22,25)(H,23,26). The Labute approximate surface area is 163 Å². The summed E-state index contributed by atoms with van der Waals surface area (Å²) in [6.45, 7) is -0.138. The van der Waals surface area contributed by atoms with Crippen molar-refractivity contribution in [1.82, 2.24) is 5.32 Å². The molecule has 0 bridgehead atoms. The van der Waals surface area contributed by atoms with Crippen LogP contribution in [0.4, 0.5) is 11.4 Å². The van der Waals surface area contributed by atoms with Crippen LogP contribution in [0, 0.1) is 0 Å². The van der Waals surface area contributed by atoms with Crippen molar-refractivity contribution in [2.24, 2.45) is 0 Å². The van der Waals surface area contributed by atoms with Crippen LogP contribution >= 0.6 is 11.6 Å². The zero-order chi connectivity index (χ0) is 19.4. The Morgan fingerprint density at radius 3 is 2.48 bits per heavy atom. The van der Waals surface area contributed by atoms with Gasteiger partial charge < -0.3 is 20.3 Å². The topological polar surface area (TPSA) is 70.7 Å². The maximum Gasteiger partial charge on any atom is 0.262 e. The molecule has 2 aromatic carbocycles. The van der Waals surface area contributed by atoms with E-state index in [1.165, 1.54) is 0 Å². The summed E-state index contributed by atoms with van der Waals surface area (Å²) in [4.78, 5) is 26.6. The highest BCUT2D eigenvalue weighted by Gasteiger charge is 2.25. The van der Waals surface area contributed by atoms with E-state index in [1.54, 1.807) is 36.4 Å². The number of rotatable bonds is 7. The largest absolute Gasteiger partial charge is 0.484 e. The Morgan fingerprint density at radius 2 is 1.85 bits per heavy atom. The van der Waals surface area contributed by atoms with E-state index in [0.29, 0.717) is 22.0 Å². The second-order valence-corrected chi connectivity index (χ2v) is 7.10. The Morgan fingerprint density at radius 1 is 1.15 bits per heavy atom. The number of nitrogens with zero attached hydrogens (tertiary/aromatic N) is 1. The van der Waals surface area contributed by atoms with Crippen molar-refractivity contribution in [3.8, 4) is 5.75 Å². The minimum Gasteiger partial charge on any atom is -0.484 e. The third kappa shape index (κ3) is 5.37. The predicted octanol–water partition coefficient (Wildman–Crippen LogP) is 3.32. The van der Waals surface area contributed by atoms with Crippen molar-refractivity contribution in [3.63, 3.8) is 0 Å². The van der Waals surface area contributed by atoms with Crippen molar-refractivity contribution in [2.45, 2.75) is 18.9 Å².